The van der Waals surface area contributed by atoms with Gasteiger partial charge in [0.15, 0.2) is 0 Å². The first-order valence-corrected chi connectivity index (χ1v) is 6.56. The summed E-state index contributed by atoms with van der Waals surface area (Å²) in [5, 5.41) is 0. The molecular weight excluding hydrogens is 255 g/mol. The summed E-state index contributed by atoms with van der Waals surface area (Å²) in [6.07, 6.45) is 0. The van der Waals surface area contributed by atoms with E-state index in [9.17, 15) is 12.3 Å². The first-order valence-electron chi connectivity index (χ1n) is 5.25. The number of benzene rings is 2. The highest BCUT2D eigenvalue weighted by atomic mass is 32.3. The normalized spacial score (nSPS) is 11.2. The summed E-state index contributed by atoms with van der Waals surface area (Å²) in [5.74, 6) is -0.0478. The third kappa shape index (κ3) is 3.30. The van der Waals surface area contributed by atoms with Crippen molar-refractivity contribution in [3.63, 3.8) is 0 Å². The second-order valence-electron chi connectivity index (χ2n) is 3.87. The zero-order valence-corrected chi connectivity index (χ0v) is 10.4. The molecule has 2 rings (SSSR count). The molecule has 0 aromatic heterocycles. The van der Waals surface area contributed by atoms with E-state index in [1.54, 1.807) is 12.1 Å². The van der Waals surface area contributed by atoms with Crippen molar-refractivity contribution in [1.29, 1.82) is 0 Å². The highest BCUT2D eigenvalue weighted by Crippen LogP contribution is 2.23. The molecule has 0 amide bonds. The van der Waals surface area contributed by atoms with Crippen molar-refractivity contribution in [1.82, 2.24) is 0 Å². The van der Waals surface area contributed by atoms with Crippen LogP contribution in [0, 0.1) is 6.92 Å². The Labute approximate surface area is 105 Å². The predicted molar refractivity (Wildman–Crippen MR) is 67.3 cm³/mol. The minimum absolute atomic E-state index is 0.0478. The Morgan fingerprint density at radius 3 is 1.78 bits per heavy atom. The molecule has 0 saturated carbocycles. The Bertz CT molecular complexity index is 631. The van der Waals surface area contributed by atoms with Gasteiger partial charge in [0.05, 0.1) is 0 Å². The van der Waals surface area contributed by atoms with Gasteiger partial charge in [0.25, 0.3) is 0 Å². The Morgan fingerprint density at radius 1 is 0.889 bits per heavy atom. The zero-order chi connectivity index (χ0) is 13.2. The summed E-state index contributed by atoms with van der Waals surface area (Å²) in [6.45, 7) is 1.99. The molecule has 18 heavy (non-hydrogen) atoms. The molecule has 94 valence electrons. The van der Waals surface area contributed by atoms with Gasteiger partial charge in [-0.15, -0.1) is 0 Å². The molecule has 0 fully saturated rings. The highest BCUT2D eigenvalue weighted by molar-refractivity contribution is 7.81. The number of aryl methyl sites for hydroxylation is 1. The van der Waals surface area contributed by atoms with Crippen molar-refractivity contribution in [2.24, 2.45) is 0 Å². The van der Waals surface area contributed by atoms with Crippen molar-refractivity contribution in [3.8, 4) is 16.9 Å². The lowest BCUT2D eigenvalue weighted by atomic mass is 10.0. The van der Waals surface area contributed by atoms with Crippen molar-refractivity contribution >= 4 is 10.5 Å². The lowest BCUT2D eigenvalue weighted by molar-refractivity contribution is 0.440. The molecule has 5 heteroatoms. The van der Waals surface area contributed by atoms with Gasteiger partial charge in [0.2, 0.25) is 0 Å². The van der Waals surface area contributed by atoms with Crippen LogP contribution in [0.25, 0.3) is 11.1 Å². The van der Waals surface area contributed by atoms with Crippen LogP contribution in [0.4, 0.5) is 3.89 Å². The summed E-state index contributed by atoms with van der Waals surface area (Å²) in [5.41, 5.74) is 3.05. The van der Waals surface area contributed by atoms with Crippen LogP contribution in [0.5, 0.6) is 5.75 Å². The molecule has 0 atom stereocenters. The molecule has 0 heterocycles. The van der Waals surface area contributed by atoms with E-state index in [2.05, 4.69) is 4.18 Å². The maximum atomic E-state index is 12.3. The molecule has 0 radical (unpaired) electrons. The summed E-state index contributed by atoms with van der Waals surface area (Å²) >= 11 is 0. The zero-order valence-electron chi connectivity index (χ0n) is 9.63. The van der Waals surface area contributed by atoms with Gasteiger partial charge in [-0.05, 0) is 30.2 Å². The molecule has 0 bridgehead atoms. The quantitative estimate of drug-likeness (QED) is 0.801. The minimum Gasteiger partial charge on any atom is -0.358 e. The average molecular weight is 266 g/mol. The van der Waals surface area contributed by atoms with Gasteiger partial charge in [-0.3, -0.25) is 0 Å². The van der Waals surface area contributed by atoms with Crippen LogP contribution in [-0.4, -0.2) is 8.42 Å². The van der Waals surface area contributed by atoms with Crippen LogP contribution in [-0.2, 0) is 10.5 Å². The summed E-state index contributed by atoms with van der Waals surface area (Å²) in [4.78, 5) is 0. The standard InChI is InChI=1S/C13H11FO3S/c1-10-2-4-11(5-3-10)12-6-8-13(9-7-12)17-18(14,15)16/h2-9H,1H3. The maximum Gasteiger partial charge on any atom is 0.488 e. The Morgan fingerprint density at radius 2 is 1.33 bits per heavy atom. The fraction of sp³-hybridized carbons (Fsp3) is 0.0769. The van der Waals surface area contributed by atoms with E-state index >= 15 is 0 Å². The maximum absolute atomic E-state index is 12.3. The molecule has 0 aliphatic rings. The van der Waals surface area contributed by atoms with Crippen LogP contribution in [0.2, 0.25) is 0 Å². The van der Waals surface area contributed by atoms with Gasteiger partial charge in [0, 0.05) is 0 Å². The van der Waals surface area contributed by atoms with E-state index < -0.39 is 10.5 Å². The van der Waals surface area contributed by atoms with Crippen LogP contribution in [0.1, 0.15) is 5.56 Å². The van der Waals surface area contributed by atoms with Gasteiger partial charge < -0.3 is 4.18 Å². The second-order valence-corrected chi connectivity index (χ2v) is 4.82. The van der Waals surface area contributed by atoms with Gasteiger partial charge in [0.1, 0.15) is 5.75 Å². The molecule has 0 aliphatic carbocycles. The first-order chi connectivity index (χ1) is 8.44. The van der Waals surface area contributed by atoms with Crippen molar-refractivity contribution < 1.29 is 16.5 Å². The van der Waals surface area contributed by atoms with Crippen molar-refractivity contribution in [3.05, 3.63) is 54.1 Å². The van der Waals surface area contributed by atoms with E-state index in [-0.39, 0.29) is 5.75 Å². The monoisotopic (exact) mass is 266 g/mol. The second kappa shape index (κ2) is 4.78. The summed E-state index contributed by atoms with van der Waals surface area (Å²) in [6, 6.07) is 14.0. The lowest BCUT2D eigenvalue weighted by Crippen LogP contribution is -2.00. The highest BCUT2D eigenvalue weighted by Gasteiger charge is 2.09. The summed E-state index contributed by atoms with van der Waals surface area (Å²) in [7, 11) is -4.96. The number of hydrogen-bond acceptors (Lipinski definition) is 3. The fourth-order valence-corrected chi connectivity index (χ4v) is 1.90. The largest absolute Gasteiger partial charge is 0.488 e. The SMILES string of the molecule is Cc1ccc(-c2ccc(OS(=O)(=O)F)cc2)cc1. The minimum atomic E-state index is -4.96. The van der Waals surface area contributed by atoms with Crippen molar-refractivity contribution in [2.45, 2.75) is 6.92 Å². The van der Waals surface area contributed by atoms with E-state index in [1.807, 2.05) is 31.2 Å². The predicted octanol–water partition coefficient (Wildman–Crippen LogP) is 3.26. The van der Waals surface area contributed by atoms with Gasteiger partial charge in [-0.1, -0.05) is 45.8 Å². The molecular formula is C13H11FO3S. The molecule has 0 spiro atoms. The molecule has 0 unspecified atom stereocenters. The van der Waals surface area contributed by atoms with E-state index in [1.165, 1.54) is 12.1 Å². The average Bonchev–Trinajstić information content (AvgIpc) is 2.29. The van der Waals surface area contributed by atoms with Gasteiger partial charge in [-0.25, -0.2) is 0 Å². The number of rotatable bonds is 3. The van der Waals surface area contributed by atoms with Crippen molar-refractivity contribution in [2.75, 3.05) is 0 Å². The van der Waals surface area contributed by atoms with Crippen LogP contribution in [0.3, 0.4) is 0 Å². The third-order valence-electron chi connectivity index (χ3n) is 2.43. The van der Waals surface area contributed by atoms with Crippen LogP contribution < -0.4 is 4.18 Å². The smallest absolute Gasteiger partial charge is 0.358 e. The lowest BCUT2D eigenvalue weighted by Gasteiger charge is -2.04. The van der Waals surface area contributed by atoms with Gasteiger partial charge >= 0.3 is 10.5 Å². The molecule has 0 saturated heterocycles. The molecule has 2 aromatic rings. The topological polar surface area (TPSA) is 43.4 Å². The summed E-state index contributed by atoms with van der Waals surface area (Å²) < 4.78 is 37.0. The van der Waals surface area contributed by atoms with Gasteiger partial charge in [-0.2, -0.15) is 8.42 Å². The van der Waals surface area contributed by atoms with Crippen LogP contribution >= 0.6 is 0 Å². The Kier molecular flexibility index (Phi) is 3.34. The third-order valence-corrected chi connectivity index (χ3v) is 2.83. The van der Waals surface area contributed by atoms with E-state index in [0.717, 1.165) is 16.7 Å². The number of halogens is 1. The molecule has 3 nitrogen and oxygen atoms in total. The first kappa shape index (κ1) is 12.6. The van der Waals surface area contributed by atoms with Crippen LogP contribution in [0.15, 0.2) is 48.5 Å². The molecule has 0 N–H and O–H groups in total. The Hall–Kier alpha value is -1.88. The molecule has 0 aliphatic heterocycles. The number of hydrogen-bond donors (Lipinski definition) is 0. The van der Waals surface area contributed by atoms with E-state index in [0.29, 0.717) is 0 Å². The Balaban J connectivity index is 2.25. The fourth-order valence-electron chi connectivity index (χ4n) is 1.56. The molecule has 2 aromatic carbocycles. The van der Waals surface area contributed by atoms with E-state index in [4.69, 9.17) is 0 Å².